The Labute approximate surface area is 68.9 Å². The summed E-state index contributed by atoms with van der Waals surface area (Å²) in [6.45, 7) is 5.35. The Bertz CT molecular complexity index is 84.2. The van der Waals surface area contributed by atoms with Gasteiger partial charge >= 0.3 is 0 Å². The molecule has 1 rings (SSSR count). The van der Waals surface area contributed by atoms with E-state index in [0.29, 0.717) is 6.54 Å². The third-order valence-electron chi connectivity index (χ3n) is 0.990. The lowest BCUT2D eigenvalue weighted by atomic mass is 10.4. The quantitative estimate of drug-likeness (QED) is 0.552. The van der Waals surface area contributed by atoms with E-state index in [1.165, 1.54) is 0 Å². The summed E-state index contributed by atoms with van der Waals surface area (Å²) in [4.78, 5) is 0. The zero-order valence-corrected chi connectivity index (χ0v) is 7.58. The van der Waals surface area contributed by atoms with Crippen LogP contribution in [0.3, 0.4) is 0 Å². The van der Waals surface area contributed by atoms with Crippen LogP contribution >= 0.6 is 0 Å². The second-order valence-corrected chi connectivity index (χ2v) is 1.54. The van der Waals surface area contributed by atoms with Crippen LogP contribution < -0.4 is 5.73 Å². The SMILES string of the molecule is CC.CO.NC[C@@H]1C=CCO1. The molecule has 1 atom stereocenters. The summed E-state index contributed by atoms with van der Waals surface area (Å²) in [7, 11) is 1.00. The highest BCUT2D eigenvalue weighted by Crippen LogP contribution is 1.98. The molecular formula is C8H19NO2. The molecule has 11 heavy (non-hydrogen) atoms. The van der Waals surface area contributed by atoms with Gasteiger partial charge in [0.25, 0.3) is 0 Å². The highest BCUT2D eigenvalue weighted by Gasteiger charge is 2.04. The number of aliphatic hydroxyl groups is 1. The van der Waals surface area contributed by atoms with E-state index in [-0.39, 0.29) is 6.10 Å². The van der Waals surface area contributed by atoms with Crippen molar-refractivity contribution in [1.82, 2.24) is 0 Å². The monoisotopic (exact) mass is 161 g/mol. The largest absolute Gasteiger partial charge is 0.400 e. The first-order chi connectivity index (χ1) is 5.43. The van der Waals surface area contributed by atoms with Gasteiger partial charge in [-0.3, -0.25) is 0 Å². The maximum Gasteiger partial charge on any atom is 0.0883 e. The van der Waals surface area contributed by atoms with Crippen LogP contribution in [-0.2, 0) is 4.74 Å². The van der Waals surface area contributed by atoms with Gasteiger partial charge < -0.3 is 15.6 Å². The molecule has 3 nitrogen and oxygen atoms in total. The predicted molar refractivity (Wildman–Crippen MR) is 47.4 cm³/mol. The van der Waals surface area contributed by atoms with Crippen molar-refractivity contribution < 1.29 is 9.84 Å². The van der Waals surface area contributed by atoms with Crippen LogP contribution in [0, 0.1) is 0 Å². The second-order valence-electron chi connectivity index (χ2n) is 1.54. The number of hydrogen-bond donors (Lipinski definition) is 2. The lowest BCUT2D eigenvalue weighted by molar-refractivity contribution is 0.134. The van der Waals surface area contributed by atoms with Crippen molar-refractivity contribution in [3.63, 3.8) is 0 Å². The van der Waals surface area contributed by atoms with Crippen LogP contribution in [0.1, 0.15) is 13.8 Å². The van der Waals surface area contributed by atoms with Gasteiger partial charge in [-0.2, -0.15) is 0 Å². The van der Waals surface area contributed by atoms with E-state index in [0.717, 1.165) is 13.7 Å². The van der Waals surface area contributed by atoms with E-state index in [2.05, 4.69) is 0 Å². The zero-order chi connectivity index (χ0) is 9.11. The van der Waals surface area contributed by atoms with Crippen LogP contribution in [0.25, 0.3) is 0 Å². The summed E-state index contributed by atoms with van der Waals surface area (Å²) in [6.07, 6.45) is 4.16. The van der Waals surface area contributed by atoms with Crippen molar-refractivity contribution in [1.29, 1.82) is 0 Å². The number of nitrogens with two attached hydrogens (primary N) is 1. The lowest BCUT2D eigenvalue weighted by Gasteiger charge is -2.00. The average molecular weight is 161 g/mol. The van der Waals surface area contributed by atoms with Gasteiger partial charge in [0.1, 0.15) is 0 Å². The van der Waals surface area contributed by atoms with Crippen molar-refractivity contribution in [2.45, 2.75) is 20.0 Å². The summed E-state index contributed by atoms with van der Waals surface area (Å²) in [5.41, 5.74) is 5.26. The van der Waals surface area contributed by atoms with E-state index < -0.39 is 0 Å². The molecule has 1 heterocycles. The zero-order valence-electron chi connectivity index (χ0n) is 7.58. The summed E-state index contributed by atoms with van der Waals surface area (Å²) in [5, 5.41) is 7.00. The third-order valence-corrected chi connectivity index (χ3v) is 0.990. The molecule has 1 aliphatic rings. The van der Waals surface area contributed by atoms with E-state index in [9.17, 15) is 0 Å². The van der Waals surface area contributed by atoms with Gasteiger partial charge in [-0.05, 0) is 0 Å². The minimum atomic E-state index is 0.194. The van der Waals surface area contributed by atoms with E-state index in [1.807, 2.05) is 26.0 Å². The molecule has 1 aliphatic heterocycles. The molecule has 0 aromatic carbocycles. The Morgan fingerprint density at radius 1 is 1.55 bits per heavy atom. The maximum atomic E-state index is 7.00. The number of hydrogen-bond acceptors (Lipinski definition) is 3. The molecule has 0 saturated heterocycles. The van der Waals surface area contributed by atoms with Gasteiger partial charge in [0.2, 0.25) is 0 Å². The Hall–Kier alpha value is -0.380. The topological polar surface area (TPSA) is 55.5 Å². The molecule has 0 aromatic rings. The van der Waals surface area contributed by atoms with Gasteiger partial charge in [-0.25, -0.2) is 0 Å². The smallest absolute Gasteiger partial charge is 0.0883 e. The fourth-order valence-corrected chi connectivity index (χ4v) is 0.589. The van der Waals surface area contributed by atoms with Crippen molar-refractivity contribution in [3.05, 3.63) is 12.2 Å². The standard InChI is InChI=1S/C5H9NO.C2H6.CH4O/c6-4-5-2-1-3-7-5;2*1-2/h1-2,5H,3-4,6H2;1-2H3;2H,1H3/t5-;;/m0../s1. The van der Waals surface area contributed by atoms with Gasteiger partial charge in [0.05, 0.1) is 12.7 Å². The van der Waals surface area contributed by atoms with E-state index in [4.69, 9.17) is 15.6 Å². The molecule has 0 radical (unpaired) electrons. The lowest BCUT2D eigenvalue weighted by Crippen LogP contribution is -2.17. The highest BCUT2D eigenvalue weighted by atomic mass is 16.5. The van der Waals surface area contributed by atoms with Gasteiger partial charge in [-0.1, -0.05) is 26.0 Å². The maximum absolute atomic E-state index is 7.00. The molecule has 0 amide bonds. The number of rotatable bonds is 1. The highest BCUT2D eigenvalue weighted by molar-refractivity contribution is 4.95. The van der Waals surface area contributed by atoms with Gasteiger partial charge in [-0.15, -0.1) is 0 Å². The fourth-order valence-electron chi connectivity index (χ4n) is 0.589. The summed E-state index contributed by atoms with van der Waals surface area (Å²) < 4.78 is 5.07. The molecule has 0 spiro atoms. The first-order valence-corrected chi connectivity index (χ1v) is 3.86. The minimum Gasteiger partial charge on any atom is -0.400 e. The van der Waals surface area contributed by atoms with Gasteiger partial charge in [0.15, 0.2) is 0 Å². The molecule has 0 saturated carbocycles. The molecule has 3 heteroatoms. The molecule has 68 valence electrons. The van der Waals surface area contributed by atoms with Crippen LogP contribution in [0.15, 0.2) is 12.2 Å². The summed E-state index contributed by atoms with van der Waals surface area (Å²) >= 11 is 0. The fraction of sp³-hybridized carbons (Fsp3) is 0.750. The Morgan fingerprint density at radius 3 is 2.27 bits per heavy atom. The minimum absolute atomic E-state index is 0.194. The van der Waals surface area contributed by atoms with Crippen molar-refractivity contribution >= 4 is 0 Å². The van der Waals surface area contributed by atoms with Crippen molar-refractivity contribution in [2.75, 3.05) is 20.3 Å². The summed E-state index contributed by atoms with van der Waals surface area (Å²) in [5.74, 6) is 0. The first-order valence-electron chi connectivity index (χ1n) is 3.86. The molecule has 0 bridgehead atoms. The Balaban J connectivity index is 0. The van der Waals surface area contributed by atoms with Crippen LogP contribution in [0.2, 0.25) is 0 Å². The molecule has 0 unspecified atom stereocenters. The number of aliphatic hydroxyl groups excluding tert-OH is 1. The Morgan fingerprint density at radius 2 is 2.09 bits per heavy atom. The van der Waals surface area contributed by atoms with Crippen molar-refractivity contribution in [2.24, 2.45) is 5.73 Å². The summed E-state index contributed by atoms with van der Waals surface area (Å²) in [6, 6.07) is 0. The first kappa shape index (κ1) is 13.2. The predicted octanol–water partition coefficient (Wildman–Crippen LogP) is 0.535. The normalized spacial score (nSPS) is 19.5. The van der Waals surface area contributed by atoms with E-state index >= 15 is 0 Å². The molecule has 0 aliphatic carbocycles. The van der Waals surface area contributed by atoms with Crippen LogP contribution in [0.5, 0.6) is 0 Å². The van der Waals surface area contributed by atoms with Crippen LogP contribution in [0.4, 0.5) is 0 Å². The molecule has 3 N–H and O–H groups in total. The van der Waals surface area contributed by atoms with Crippen LogP contribution in [-0.4, -0.2) is 31.5 Å². The third kappa shape index (κ3) is 7.52. The molecular weight excluding hydrogens is 142 g/mol. The number of ether oxygens (including phenoxy) is 1. The van der Waals surface area contributed by atoms with Gasteiger partial charge in [0, 0.05) is 13.7 Å². The van der Waals surface area contributed by atoms with Crippen molar-refractivity contribution in [3.8, 4) is 0 Å². The average Bonchev–Trinajstić information content (AvgIpc) is 2.63. The molecule has 0 aromatic heterocycles. The Kier molecular flexibility index (Phi) is 14.8. The van der Waals surface area contributed by atoms with E-state index in [1.54, 1.807) is 0 Å². The molecule has 0 fully saturated rings. The second kappa shape index (κ2) is 12.3.